The van der Waals surface area contributed by atoms with Gasteiger partial charge in [-0.05, 0) is 31.5 Å². The molecule has 0 spiro atoms. The minimum absolute atomic E-state index is 0.171. The monoisotopic (exact) mass is 361 g/mol. The van der Waals surface area contributed by atoms with E-state index in [1.165, 1.54) is 17.4 Å². The van der Waals surface area contributed by atoms with Crippen molar-refractivity contribution in [2.45, 2.75) is 20.4 Å². The first kappa shape index (κ1) is 16.9. The smallest absolute Gasteiger partial charge is 0.433 e. The maximum atomic E-state index is 12.3. The average molecular weight is 361 g/mol. The van der Waals surface area contributed by atoms with E-state index in [0.29, 0.717) is 17.1 Å². The molecule has 3 aromatic rings. The highest BCUT2D eigenvalue weighted by atomic mass is 32.1. The SMILES string of the molecule is CCn1c(=NC(=O)c2ccc([N+](=O)[O-])o2)sc2c(C)ccc(OC)c21. The Balaban J connectivity index is 2.17. The fourth-order valence-electron chi connectivity index (χ4n) is 2.50. The summed E-state index contributed by atoms with van der Waals surface area (Å²) in [5, 5.41) is 10.7. The number of amides is 1. The molecule has 2 heterocycles. The van der Waals surface area contributed by atoms with Crippen LogP contribution in [0, 0.1) is 17.0 Å². The third-order valence-corrected chi connectivity index (χ3v) is 4.92. The Labute approximate surface area is 146 Å². The van der Waals surface area contributed by atoms with Crippen LogP contribution >= 0.6 is 11.3 Å². The average Bonchev–Trinajstić information content (AvgIpc) is 3.20. The van der Waals surface area contributed by atoms with Crippen molar-refractivity contribution < 1.29 is 18.9 Å². The molecule has 1 amide bonds. The van der Waals surface area contributed by atoms with Gasteiger partial charge in [0.1, 0.15) is 16.2 Å². The standard InChI is InChI=1S/C16H15N3O5S/c1-4-18-13-10(23-3)6-5-9(2)14(13)25-16(18)17-15(20)11-7-8-12(24-11)19(21)22/h5-8H,4H2,1-3H3. The minimum Gasteiger partial charge on any atom is -0.495 e. The first-order valence-corrected chi connectivity index (χ1v) is 8.28. The quantitative estimate of drug-likeness (QED) is 0.524. The van der Waals surface area contributed by atoms with E-state index in [9.17, 15) is 14.9 Å². The summed E-state index contributed by atoms with van der Waals surface area (Å²) < 4.78 is 13.2. The number of thiazole rings is 1. The van der Waals surface area contributed by atoms with Crippen LogP contribution in [0.3, 0.4) is 0 Å². The number of hydrogen-bond donors (Lipinski definition) is 0. The Morgan fingerprint density at radius 3 is 2.76 bits per heavy atom. The molecule has 0 aliphatic heterocycles. The molecule has 1 aromatic carbocycles. The topological polar surface area (TPSA) is 99.9 Å². The van der Waals surface area contributed by atoms with Crippen molar-refractivity contribution in [3.63, 3.8) is 0 Å². The molecule has 0 radical (unpaired) electrons. The van der Waals surface area contributed by atoms with E-state index in [0.717, 1.165) is 21.8 Å². The minimum atomic E-state index is -0.698. The van der Waals surface area contributed by atoms with Gasteiger partial charge in [0.25, 0.3) is 0 Å². The number of carbonyl (C=O) groups is 1. The molecule has 0 saturated carbocycles. The van der Waals surface area contributed by atoms with Gasteiger partial charge < -0.3 is 13.7 Å². The molecule has 25 heavy (non-hydrogen) atoms. The van der Waals surface area contributed by atoms with Crippen molar-refractivity contribution in [3.05, 3.63) is 50.5 Å². The summed E-state index contributed by atoms with van der Waals surface area (Å²) >= 11 is 1.36. The number of methoxy groups -OCH3 is 1. The number of aryl methyl sites for hydroxylation is 2. The van der Waals surface area contributed by atoms with E-state index < -0.39 is 16.7 Å². The maximum absolute atomic E-state index is 12.3. The Kier molecular flexibility index (Phi) is 4.41. The van der Waals surface area contributed by atoms with Crippen molar-refractivity contribution in [3.8, 4) is 5.75 Å². The molecule has 9 heteroatoms. The van der Waals surface area contributed by atoms with E-state index in [1.807, 2.05) is 30.5 Å². The number of benzene rings is 1. The molecule has 3 rings (SSSR count). The molecule has 0 fully saturated rings. The Morgan fingerprint density at radius 1 is 1.40 bits per heavy atom. The number of nitro groups is 1. The normalized spacial score (nSPS) is 11.9. The lowest BCUT2D eigenvalue weighted by molar-refractivity contribution is -0.402. The van der Waals surface area contributed by atoms with Crippen LogP contribution in [0.25, 0.3) is 10.2 Å². The van der Waals surface area contributed by atoms with E-state index in [4.69, 9.17) is 9.15 Å². The molecule has 130 valence electrons. The molecule has 0 aliphatic rings. The second kappa shape index (κ2) is 6.52. The van der Waals surface area contributed by atoms with Gasteiger partial charge >= 0.3 is 11.8 Å². The number of rotatable bonds is 4. The summed E-state index contributed by atoms with van der Waals surface area (Å²) in [6, 6.07) is 6.20. The van der Waals surface area contributed by atoms with Crippen LogP contribution in [0.15, 0.2) is 33.7 Å². The van der Waals surface area contributed by atoms with E-state index in [2.05, 4.69) is 4.99 Å². The molecular weight excluding hydrogens is 346 g/mol. The lowest BCUT2D eigenvalue weighted by Crippen LogP contribution is -2.16. The van der Waals surface area contributed by atoms with Gasteiger partial charge in [-0.3, -0.25) is 14.9 Å². The molecule has 0 atom stereocenters. The van der Waals surface area contributed by atoms with Crippen LogP contribution in [0.2, 0.25) is 0 Å². The summed E-state index contributed by atoms with van der Waals surface area (Å²) in [5.41, 5.74) is 1.91. The first-order chi connectivity index (χ1) is 12.0. The summed E-state index contributed by atoms with van der Waals surface area (Å²) in [5.74, 6) is -0.633. The maximum Gasteiger partial charge on any atom is 0.433 e. The second-order valence-electron chi connectivity index (χ2n) is 5.20. The first-order valence-electron chi connectivity index (χ1n) is 7.46. The number of nitrogens with zero attached hydrogens (tertiary/aromatic N) is 3. The lowest BCUT2D eigenvalue weighted by Gasteiger charge is -2.07. The zero-order valence-corrected chi connectivity index (χ0v) is 14.6. The van der Waals surface area contributed by atoms with Gasteiger partial charge in [-0.2, -0.15) is 4.99 Å². The number of carbonyl (C=O) groups excluding carboxylic acids is 1. The summed E-state index contributed by atoms with van der Waals surface area (Å²) in [7, 11) is 1.59. The molecule has 0 unspecified atom stereocenters. The Hall–Kier alpha value is -2.94. The molecule has 8 nitrogen and oxygen atoms in total. The predicted octanol–water partition coefficient (Wildman–Crippen LogP) is 3.28. The highest BCUT2D eigenvalue weighted by Crippen LogP contribution is 2.30. The fraction of sp³-hybridized carbons (Fsp3) is 0.250. The fourth-order valence-corrected chi connectivity index (χ4v) is 3.68. The van der Waals surface area contributed by atoms with Gasteiger partial charge in [0.15, 0.2) is 4.80 Å². The Bertz CT molecular complexity index is 1040. The predicted molar refractivity (Wildman–Crippen MR) is 92.0 cm³/mol. The van der Waals surface area contributed by atoms with Gasteiger partial charge in [0.2, 0.25) is 5.76 Å². The molecule has 2 aromatic heterocycles. The summed E-state index contributed by atoms with van der Waals surface area (Å²) in [6.45, 7) is 4.50. The molecule has 0 aliphatic carbocycles. The lowest BCUT2D eigenvalue weighted by atomic mass is 10.2. The van der Waals surface area contributed by atoms with Crippen LogP contribution in [0.4, 0.5) is 5.88 Å². The van der Waals surface area contributed by atoms with E-state index in [-0.39, 0.29) is 5.76 Å². The van der Waals surface area contributed by atoms with E-state index in [1.54, 1.807) is 7.11 Å². The number of ether oxygens (including phenoxy) is 1. The molecule has 0 N–H and O–H groups in total. The molecule has 0 saturated heterocycles. The zero-order valence-electron chi connectivity index (χ0n) is 13.8. The van der Waals surface area contributed by atoms with Crippen LogP contribution in [-0.2, 0) is 6.54 Å². The number of aromatic nitrogens is 1. The van der Waals surface area contributed by atoms with Crippen molar-refractivity contribution in [2.24, 2.45) is 4.99 Å². The second-order valence-corrected chi connectivity index (χ2v) is 6.18. The highest BCUT2D eigenvalue weighted by Gasteiger charge is 2.18. The third-order valence-electron chi connectivity index (χ3n) is 3.70. The number of hydrogen-bond acceptors (Lipinski definition) is 6. The largest absolute Gasteiger partial charge is 0.495 e. The van der Waals surface area contributed by atoms with Crippen molar-refractivity contribution in [1.82, 2.24) is 4.57 Å². The van der Waals surface area contributed by atoms with Crippen LogP contribution < -0.4 is 9.54 Å². The van der Waals surface area contributed by atoms with Crippen molar-refractivity contribution >= 4 is 33.3 Å². The van der Waals surface area contributed by atoms with Gasteiger partial charge in [-0.25, -0.2) is 0 Å². The van der Waals surface area contributed by atoms with Gasteiger partial charge in [0.05, 0.1) is 17.9 Å². The third kappa shape index (κ3) is 2.93. The Morgan fingerprint density at radius 2 is 2.16 bits per heavy atom. The van der Waals surface area contributed by atoms with Gasteiger partial charge in [-0.1, -0.05) is 17.4 Å². The van der Waals surface area contributed by atoms with Crippen molar-refractivity contribution in [1.29, 1.82) is 0 Å². The number of furan rings is 1. The van der Waals surface area contributed by atoms with Crippen molar-refractivity contribution in [2.75, 3.05) is 7.11 Å². The summed E-state index contributed by atoms with van der Waals surface area (Å²) in [4.78, 5) is 26.9. The van der Waals surface area contributed by atoms with E-state index >= 15 is 0 Å². The number of fused-ring (bicyclic) bond motifs is 1. The van der Waals surface area contributed by atoms with Crippen LogP contribution in [0.1, 0.15) is 23.0 Å². The summed E-state index contributed by atoms with van der Waals surface area (Å²) in [6.07, 6.45) is 0. The van der Waals surface area contributed by atoms with Gasteiger partial charge in [-0.15, -0.1) is 0 Å². The molecule has 0 bridgehead atoms. The highest BCUT2D eigenvalue weighted by molar-refractivity contribution is 7.16. The zero-order chi connectivity index (χ0) is 18.1. The van der Waals surface area contributed by atoms with Crippen LogP contribution in [-0.4, -0.2) is 22.5 Å². The molecular formula is C16H15N3O5S. The van der Waals surface area contributed by atoms with Gasteiger partial charge in [0, 0.05) is 6.54 Å². The van der Waals surface area contributed by atoms with Crippen LogP contribution in [0.5, 0.6) is 5.75 Å².